The molecule has 0 aliphatic heterocycles. The predicted octanol–water partition coefficient (Wildman–Crippen LogP) is 5.31. The molecule has 0 aromatic heterocycles. The van der Waals surface area contributed by atoms with E-state index in [0.29, 0.717) is 24.0 Å². The number of nitrogens with zero attached hydrogens (tertiary/aromatic N) is 1. The Kier molecular flexibility index (Phi) is 9.46. The van der Waals surface area contributed by atoms with Crippen molar-refractivity contribution in [2.45, 2.75) is 64.4 Å². The quantitative estimate of drug-likeness (QED) is 0.562. The first-order valence-corrected chi connectivity index (χ1v) is 10.4. The van der Waals surface area contributed by atoms with Crippen LogP contribution >= 0.6 is 0 Å². The van der Waals surface area contributed by atoms with Crippen molar-refractivity contribution in [3.05, 3.63) is 24.3 Å². The molecule has 0 heterocycles. The van der Waals surface area contributed by atoms with E-state index in [0.717, 1.165) is 32.2 Å². The van der Waals surface area contributed by atoms with E-state index in [1.165, 1.54) is 25.7 Å². The van der Waals surface area contributed by atoms with E-state index in [9.17, 15) is 4.79 Å². The van der Waals surface area contributed by atoms with Crippen LogP contribution in [0.1, 0.15) is 58.3 Å². The van der Waals surface area contributed by atoms with E-state index in [2.05, 4.69) is 31.2 Å². The Bertz CT molecular complexity index is 562. The summed E-state index contributed by atoms with van der Waals surface area (Å²) in [7, 11) is 4.14. The minimum Gasteiger partial charge on any atom is -0.491 e. The fourth-order valence-corrected chi connectivity index (χ4v) is 3.69. The monoisotopic (exact) mass is 376 g/mol. The van der Waals surface area contributed by atoms with Crippen LogP contribution in [0.15, 0.2) is 24.3 Å². The van der Waals surface area contributed by atoms with E-state index in [4.69, 9.17) is 9.47 Å². The number of anilines is 1. The molecule has 0 spiro atoms. The van der Waals surface area contributed by atoms with Crippen LogP contribution in [0.25, 0.3) is 0 Å². The molecule has 0 unspecified atom stereocenters. The Hall–Kier alpha value is -1.75. The second-order valence-electron chi connectivity index (χ2n) is 7.78. The van der Waals surface area contributed by atoms with E-state index < -0.39 is 0 Å². The van der Waals surface area contributed by atoms with Gasteiger partial charge in [0.1, 0.15) is 11.9 Å². The number of para-hydroxylation sites is 2. The molecule has 1 N–H and O–H groups in total. The molecule has 1 amide bonds. The van der Waals surface area contributed by atoms with Crippen LogP contribution in [0.4, 0.5) is 10.5 Å². The molecule has 2 rings (SSSR count). The minimum absolute atomic E-state index is 0.0109. The minimum atomic E-state index is -0.382. The third kappa shape index (κ3) is 7.79. The highest BCUT2D eigenvalue weighted by Gasteiger charge is 2.28. The SMILES string of the molecule is CCCCCCOc1ccccc1NC(=O)O[C@@H]1CCCC[C@H]1CN(C)C. The third-order valence-corrected chi connectivity index (χ3v) is 5.08. The van der Waals surface area contributed by atoms with Crippen LogP contribution in [0.3, 0.4) is 0 Å². The molecular formula is C22H36N2O3. The second kappa shape index (κ2) is 11.9. The van der Waals surface area contributed by atoms with Crippen LogP contribution in [0, 0.1) is 5.92 Å². The van der Waals surface area contributed by atoms with Gasteiger partial charge in [-0.2, -0.15) is 0 Å². The van der Waals surface area contributed by atoms with Crippen LogP contribution in [-0.4, -0.2) is 44.3 Å². The number of benzene rings is 1. The highest BCUT2D eigenvalue weighted by molar-refractivity contribution is 5.86. The number of hydrogen-bond donors (Lipinski definition) is 1. The Balaban J connectivity index is 1.87. The van der Waals surface area contributed by atoms with Crippen molar-refractivity contribution in [3.63, 3.8) is 0 Å². The van der Waals surface area contributed by atoms with Crippen LogP contribution in [-0.2, 0) is 4.74 Å². The number of ether oxygens (including phenoxy) is 2. The molecule has 27 heavy (non-hydrogen) atoms. The first-order valence-electron chi connectivity index (χ1n) is 10.4. The molecule has 1 aromatic carbocycles. The summed E-state index contributed by atoms with van der Waals surface area (Å²) in [4.78, 5) is 14.6. The van der Waals surface area contributed by atoms with Gasteiger partial charge in [-0.1, -0.05) is 44.7 Å². The van der Waals surface area contributed by atoms with Crippen molar-refractivity contribution < 1.29 is 14.3 Å². The fraction of sp³-hybridized carbons (Fsp3) is 0.682. The van der Waals surface area contributed by atoms with Gasteiger partial charge in [-0.3, -0.25) is 5.32 Å². The molecule has 1 aliphatic rings. The second-order valence-corrected chi connectivity index (χ2v) is 7.78. The summed E-state index contributed by atoms with van der Waals surface area (Å²) in [5.74, 6) is 1.11. The number of amides is 1. The summed E-state index contributed by atoms with van der Waals surface area (Å²) >= 11 is 0. The van der Waals surface area contributed by atoms with Gasteiger partial charge in [0, 0.05) is 12.5 Å². The lowest BCUT2D eigenvalue weighted by molar-refractivity contribution is 0.0357. The van der Waals surface area contributed by atoms with Crippen LogP contribution < -0.4 is 10.1 Å². The number of hydrogen-bond acceptors (Lipinski definition) is 4. The normalized spacial score (nSPS) is 19.7. The van der Waals surface area contributed by atoms with Crippen molar-refractivity contribution >= 4 is 11.8 Å². The summed E-state index contributed by atoms with van der Waals surface area (Å²) in [6, 6.07) is 7.58. The summed E-state index contributed by atoms with van der Waals surface area (Å²) in [6.45, 7) is 3.82. The molecule has 1 saturated carbocycles. The van der Waals surface area contributed by atoms with Crippen molar-refractivity contribution in [1.29, 1.82) is 0 Å². The first kappa shape index (κ1) is 21.5. The largest absolute Gasteiger partial charge is 0.491 e. The molecule has 1 fully saturated rings. The topological polar surface area (TPSA) is 50.8 Å². The molecule has 0 radical (unpaired) electrons. The lowest BCUT2D eigenvalue weighted by atomic mass is 9.86. The molecule has 5 nitrogen and oxygen atoms in total. The first-order chi connectivity index (χ1) is 13.1. The number of carbonyl (C=O) groups excluding carboxylic acids is 1. The maximum absolute atomic E-state index is 12.5. The van der Waals surface area contributed by atoms with Gasteiger partial charge in [-0.15, -0.1) is 0 Å². The van der Waals surface area contributed by atoms with Crippen molar-refractivity contribution in [3.8, 4) is 5.75 Å². The van der Waals surface area contributed by atoms with Crippen molar-refractivity contribution in [2.24, 2.45) is 5.92 Å². The van der Waals surface area contributed by atoms with Crippen LogP contribution in [0.5, 0.6) is 5.75 Å². The molecule has 1 aromatic rings. The maximum Gasteiger partial charge on any atom is 0.412 e. The Morgan fingerprint density at radius 3 is 2.70 bits per heavy atom. The van der Waals surface area contributed by atoms with Gasteiger partial charge in [0.2, 0.25) is 0 Å². The summed E-state index contributed by atoms with van der Waals surface area (Å²) < 4.78 is 11.7. The number of rotatable bonds is 10. The van der Waals surface area contributed by atoms with Gasteiger partial charge in [0.05, 0.1) is 12.3 Å². The number of carbonyl (C=O) groups is 1. The standard InChI is InChI=1S/C22H36N2O3/c1-4-5-6-11-16-26-21-15-10-8-13-19(21)23-22(25)27-20-14-9-7-12-18(20)17-24(2)3/h8,10,13,15,18,20H,4-7,9,11-12,14,16-17H2,1-3H3,(H,23,25)/t18-,20+/m0/s1. The van der Waals surface area contributed by atoms with Gasteiger partial charge in [-0.05, 0) is 51.9 Å². The highest BCUT2D eigenvalue weighted by atomic mass is 16.6. The molecule has 152 valence electrons. The van der Waals surface area contributed by atoms with Gasteiger partial charge >= 0.3 is 6.09 Å². The maximum atomic E-state index is 12.5. The van der Waals surface area contributed by atoms with Gasteiger partial charge in [0.15, 0.2) is 0 Å². The van der Waals surface area contributed by atoms with Crippen LogP contribution in [0.2, 0.25) is 0 Å². The lowest BCUT2D eigenvalue weighted by Crippen LogP contribution is -2.37. The molecule has 0 saturated heterocycles. The molecule has 1 aliphatic carbocycles. The van der Waals surface area contributed by atoms with Crippen molar-refractivity contribution in [2.75, 3.05) is 32.6 Å². The third-order valence-electron chi connectivity index (χ3n) is 5.08. The Morgan fingerprint density at radius 1 is 1.15 bits per heavy atom. The van der Waals surface area contributed by atoms with E-state index in [1.54, 1.807) is 0 Å². The van der Waals surface area contributed by atoms with Gasteiger partial charge < -0.3 is 14.4 Å². The molecule has 0 bridgehead atoms. The summed E-state index contributed by atoms with van der Waals surface area (Å²) in [5, 5.41) is 2.88. The van der Waals surface area contributed by atoms with E-state index >= 15 is 0 Å². The highest BCUT2D eigenvalue weighted by Crippen LogP contribution is 2.29. The number of nitrogens with one attached hydrogen (secondary N) is 1. The summed E-state index contributed by atoms with van der Waals surface area (Å²) in [6.07, 6.45) is 8.65. The lowest BCUT2D eigenvalue weighted by Gasteiger charge is -2.32. The zero-order chi connectivity index (χ0) is 19.5. The average Bonchev–Trinajstić information content (AvgIpc) is 2.64. The van der Waals surface area contributed by atoms with Gasteiger partial charge in [0.25, 0.3) is 0 Å². The Labute approximate surface area is 164 Å². The number of unbranched alkanes of at least 4 members (excludes halogenated alkanes) is 3. The zero-order valence-electron chi connectivity index (χ0n) is 17.2. The van der Waals surface area contributed by atoms with E-state index in [1.807, 2.05) is 24.3 Å². The Morgan fingerprint density at radius 2 is 1.93 bits per heavy atom. The smallest absolute Gasteiger partial charge is 0.412 e. The predicted molar refractivity (Wildman–Crippen MR) is 110 cm³/mol. The fourth-order valence-electron chi connectivity index (χ4n) is 3.69. The molecule has 5 heteroatoms. The van der Waals surface area contributed by atoms with Crippen molar-refractivity contribution in [1.82, 2.24) is 4.90 Å². The average molecular weight is 377 g/mol. The molecule has 2 atom stereocenters. The summed E-state index contributed by atoms with van der Waals surface area (Å²) in [5.41, 5.74) is 0.679. The van der Waals surface area contributed by atoms with E-state index in [-0.39, 0.29) is 12.2 Å². The molecular weight excluding hydrogens is 340 g/mol. The zero-order valence-corrected chi connectivity index (χ0v) is 17.2. The van der Waals surface area contributed by atoms with Gasteiger partial charge in [-0.25, -0.2) is 4.79 Å².